The summed E-state index contributed by atoms with van der Waals surface area (Å²) in [6.07, 6.45) is 1.15. The molecule has 0 aromatic carbocycles. The molecule has 4 nitrogen and oxygen atoms in total. The second-order valence-corrected chi connectivity index (χ2v) is 8.09. The van der Waals surface area contributed by atoms with E-state index in [4.69, 9.17) is 0 Å². The minimum atomic E-state index is -0.0717. The molecule has 0 aliphatic carbocycles. The summed E-state index contributed by atoms with van der Waals surface area (Å²) in [5.74, 6) is 0.715. The normalized spacial score (nSPS) is 19.0. The predicted molar refractivity (Wildman–Crippen MR) is 96.0 cm³/mol. The van der Waals surface area contributed by atoms with Gasteiger partial charge in [0.25, 0.3) is 0 Å². The number of nitrogens with one attached hydrogen (secondary N) is 1. The summed E-state index contributed by atoms with van der Waals surface area (Å²) in [5, 5.41) is 5.44. The Hall–Kier alpha value is -1.24. The number of aryl methyl sites for hydroxylation is 1. The fraction of sp³-hybridized carbons (Fsp3) is 0.529. The van der Waals surface area contributed by atoms with Gasteiger partial charge in [0.15, 0.2) is 0 Å². The number of thiophene rings is 1. The molecule has 3 heterocycles. The molecule has 0 spiro atoms. The van der Waals surface area contributed by atoms with Crippen molar-refractivity contribution < 1.29 is 4.79 Å². The van der Waals surface area contributed by atoms with Crippen molar-refractivity contribution in [3.8, 4) is 0 Å². The maximum absolute atomic E-state index is 13.1. The second-order valence-electron chi connectivity index (χ2n) is 6.18. The summed E-state index contributed by atoms with van der Waals surface area (Å²) in [5.41, 5.74) is 2.91. The molecule has 2 atom stereocenters. The number of carbonyl (C=O) groups is 1. The fourth-order valence-corrected chi connectivity index (χ4v) is 4.57. The third-order valence-electron chi connectivity index (χ3n) is 4.47. The first-order chi connectivity index (χ1) is 11.1. The summed E-state index contributed by atoms with van der Waals surface area (Å²) in [4.78, 5) is 21.8. The standard InChI is InChI=1S/C17H23N3OS2/c1-12(15-4-3-7-22-15)17(21)20(9-14-5-6-18-8-14)10-16-13(2)19-11-23-16/h3-4,7,11-12,14,18H,5-6,8-10H2,1-2H3/t12-,14-/m1/s1. The van der Waals surface area contributed by atoms with Crippen LogP contribution in [0.5, 0.6) is 0 Å². The van der Waals surface area contributed by atoms with Crippen LogP contribution < -0.4 is 5.32 Å². The van der Waals surface area contributed by atoms with Crippen molar-refractivity contribution in [3.05, 3.63) is 38.5 Å². The first-order valence-corrected chi connectivity index (χ1v) is 9.83. The molecule has 0 saturated carbocycles. The zero-order chi connectivity index (χ0) is 16.2. The molecule has 1 amide bonds. The second kappa shape index (κ2) is 7.55. The molecule has 3 rings (SSSR count). The maximum Gasteiger partial charge on any atom is 0.231 e. The van der Waals surface area contributed by atoms with Gasteiger partial charge in [-0.15, -0.1) is 22.7 Å². The largest absolute Gasteiger partial charge is 0.337 e. The number of hydrogen-bond acceptors (Lipinski definition) is 5. The molecule has 23 heavy (non-hydrogen) atoms. The van der Waals surface area contributed by atoms with Crippen LogP contribution in [0.25, 0.3) is 0 Å². The lowest BCUT2D eigenvalue weighted by Gasteiger charge is -2.27. The van der Waals surface area contributed by atoms with Crippen molar-refractivity contribution in [2.45, 2.75) is 32.7 Å². The fourth-order valence-electron chi connectivity index (χ4n) is 3.00. The van der Waals surface area contributed by atoms with Crippen molar-refractivity contribution in [2.75, 3.05) is 19.6 Å². The topological polar surface area (TPSA) is 45.2 Å². The Morgan fingerprint density at radius 3 is 3.00 bits per heavy atom. The predicted octanol–water partition coefficient (Wildman–Crippen LogP) is 3.25. The van der Waals surface area contributed by atoms with Crippen molar-refractivity contribution in [2.24, 2.45) is 5.92 Å². The van der Waals surface area contributed by atoms with Crippen molar-refractivity contribution >= 4 is 28.6 Å². The van der Waals surface area contributed by atoms with Crippen molar-refractivity contribution in [1.29, 1.82) is 0 Å². The third kappa shape index (κ3) is 4.00. The molecule has 1 N–H and O–H groups in total. The van der Waals surface area contributed by atoms with Crippen LogP contribution in [0.15, 0.2) is 23.0 Å². The van der Waals surface area contributed by atoms with Gasteiger partial charge in [0.1, 0.15) is 0 Å². The lowest BCUT2D eigenvalue weighted by atomic mass is 10.0. The van der Waals surface area contributed by atoms with Crippen molar-refractivity contribution in [3.63, 3.8) is 0 Å². The number of thiazole rings is 1. The highest BCUT2D eigenvalue weighted by atomic mass is 32.1. The Morgan fingerprint density at radius 1 is 1.52 bits per heavy atom. The van der Waals surface area contributed by atoms with Crippen LogP contribution in [0.4, 0.5) is 0 Å². The highest BCUT2D eigenvalue weighted by Crippen LogP contribution is 2.26. The number of amides is 1. The van der Waals surface area contributed by atoms with E-state index in [1.165, 1.54) is 4.88 Å². The monoisotopic (exact) mass is 349 g/mol. The number of rotatable bonds is 6. The van der Waals surface area contributed by atoms with Gasteiger partial charge in [-0.1, -0.05) is 6.07 Å². The molecule has 0 unspecified atom stereocenters. The van der Waals surface area contributed by atoms with Gasteiger partial charge in [0.05, 0.1) is 23.7 Å². The molecule has 2 aromatic heterocycles. The maximum atomic E-state index is 13.1. The molecular weight excluding hydrogens is 326 g/mol. The van der Waals surface area contributed by atoms with Crippen LogP contribution >= 0.6 is 22.7 Å². The average molecular weight is 350 g/mol. The van der Waals surface area contributed by atoms with Crippen LogP contribution in [0.2, 0.25) is 0 Å². The van der Waals surface area contributed by atoms with E-state index in [0.717, 1.165) is 36.6 Å². The lowest BCUT2D eigenvalue weighted by molar-refractivity contribution is -0.133. The van der Waals surface area contributed by atoms with E-state index >= 15 is 0 Å². The van der Waals surface area contributed by atoms with Crippen molar-refractivity contribution in [1.82, 2.24) is 15.2 Å². The van der Waals surface area contributed by atoms with Gasteiger partial charge >= 0.3 is 0 Å². The van der Waals surface area contributed by atoms with Crippen LogP contribution in [0, 0.1) is 12.8 Å². The third-order valence-corrected chi connectivity index (χ3v) is 6.45. The zero-order valence-electron chi connectivity index (χ0n) is 13.6. The molecule has 1 aliphatic rings. The molecule has 1 saturated heterocycles. The van der Waals surface area contributed by atoms with Crippen LogP contribution in [0.1, 0.15) is 34.7 Å². The molecule has 1 fully saturated rings. The Labute approximate surface area is 145 Å². The highest BCUT2D eigenvalue weighted by molar-refractivity contribution is 7.10. The number of nitrogens with zero attached hydrogens (tertiary/aromatic N) is 2. The first kappa shape index (κ1) is 16.6. The summed E-state index contributed by atoms with van der Waals surface area (Å²) >= 11 is 3.31. The molecule has 1 aliphatic heterocycles. The molecule has 124 valence electrons. The highest BCUT2D eigenvalue weighted by Gasteiger charge is 2.27. The van der Waals surface area contributed by atoms with Gasteiger partial charge in [-0.2, -0.15) is 0 Å². The Bertz CT molecular complexity index is 632. The Balaban J connectivity index is 1.75. The van der Waals surface area contributed by atoms with Crippen LogP contribution in [-0.2, 0) is 11.3 Å². The molecule has 0 radical (unpaired) electrons. The summed E-state index contributed by atoms with van der Waals surface area (Å²) in [6, 6.07) is 4.07. The lowest BCUT2D eigenvalue weighted by Crippen LogP contribution is -2.37. The van der Waals surface area contributed by atoms with E-state index in [1.807, 2.05) is 35.7 Å². The summed E-state index contributed by atoms with van der Waals surface area (Å²) in [7, 11) is 0. The van der Waals surface area contributed by atoms with E-state index in [1.54, 1.807) is 22.7 Å². The number of hydrogen-bond donors (Lipinski definition) is 1. The zero-order valence-corrected chi connectivity index (χ0v) is 15.3. The number of aromatic nitrogens is 1. The van der Waals surface area contributed by atoms with E-state index in [9.17, 15) is 4.79 Å². The van der Waals surface area contributed by atoms with E-state index in [0.29, 0.717) is 12.5 Å². The average Bonchev–Trinajstić information content (AvgIpc) is 3.28. The van der Waals surface area contributed by atoms with Gasteiger partial charge in [-0.3, -0.25) is 4.79 Å². The minimum Gasteiger partial charge on any atom is -0.337 e. The summed E-state index contributed by atoms with van der Waals surface area (Å²) in [6.45, 7) is 7.63. The SMILES string of the molecule is Cc1ncsc1CN(C[C@@H]1CCNC1)C(=O)[C@H](C)c1cccs1. The van der Waals surface area contributed by atoms with Crippen LogP contribution in [-0.4, -0.2) is 35.4 Å². The Morgan fingerprint density at radius 2 is 2.39 bits per heavy atom. The van der Waals surface area contributed by atoms with E-state index in [-0.39, 0.29) is 11.8 Å². The molecule has 2 aromatic rings. The minimum absolute atomic E-state index is 0.0717. The van der Waals surface area contributed by atoms with Gasteiger partial charge in [-0.05, 0) is 50.7 Å². The molecule has 6 heteroatoms. The van der Waals surface area contributed by atoms with Gasteiger partial charge in [0.2, 0.25) is 5.91 Å². The van der Waals surface area contributed by atoms with E-state index < -0.39 is 0 Å². The van der Waals surface area contributed by atoms with Crippen LogP contribution in [0.3, 0.4) is 0 Å². The summed E-state index contributed by atoms with van der Waals surface area (Å²) < 4.78 is 0. The van der Waals surface area contributed by atoms with Gasteiger partial charge in [-0.25, -0.2) is 4.98 Å². The van der Waals surface area contributed by atoms with E-state index in [2.05, 4.69) is 16.4 Å². The quantitative estimate of drug-likeness (QED) is 0.871. The molecular formula is C17H23N3OS2. The van der Waals surface area contributed by atoms with Gasteiger partial charge < -0.3 is 10.2 Å². The molecule has 0 bridgehead atoms. The smallest absolute Gasteiger partial charge is 0.231 e. The van der Waals surface area contributed by atoms with Gasteiger partial charge in [0, 0.05) is 16.3 Å². The Kier molecular flexibility index (Phi) is 5.46. The first-order valence-electron chi connectivity index (χ1n) is 8.07. The number of carbonyl (C=O) groups excluding carboxylic acids is 1.